The number of hydrogen-bond acceptors (Lipinski definition) is 8. The van der Waals surface area contributed by atoms with Gasteiger partial charge >= 0.3 is 5.97 Å². The molecule has 280 valence electrons. The maximum absolute atomic E-state index is 13.7. The van der Waals surface area contributed by atoms with Crippen molar-refractivity contribution in [2.45, 2.75) is 134 Å². The van der Waals surface area contributed by atoms with Crippen molar-refractivity contribution in [3.05, 3.63) is 69.9 Å². The molecule has 4 atom stereocenters. The summed E-state index contributed by atoms with van der Waals surface area (Å²) in [6.07, 6.45) is 8.59. The Morgan fingerprint density at radius 2 is 1.62 bits per heavy atom. The molecule has 1 aliphatic rings. The molecule has 10 heteroatoms. The van der Waals surface area contributed by atoms with Crippen LogP contribution in [0, 0.1) is 5.92 Å². The minimum Gasteiger partial charge on any atom is -0.468 e. The zero-order chi connectivity index (χ0) is 37.4. The first-order valence-corrected chi connectivity index (χ1v) is 27.0. The molecule has 1 aromatic heterocycles. The summed E-state index contributed by atoms with van der Waals surface area (Å²) in [6.45, 7) is 25.2. The SMILES string of the molecule is COC(=O)CSCCCS[C@H]1C(=O)C[C@@H](O[Si](C)(C)C(C)(C)C)[C@@H]1C=C[C@](C)(CCc1sccc1Cc1ccccc1)O[Si](C)(C)C(C)(C)C. The lowest BCUT2D eigenvalue weighted by atomic mass is 9.94. The van der Waals surface area contributed by atoms with Crippen molar-refractivity contribution in [1.29, 1.82) is 0 Å². The second-order valence-corrected chi connectivity index (χ2v) is 29.8. The molecule has 1 aliphatic carbocycles. The van der Waals surface area contributed by atoms with Crippen molar-refractivity contribution in [2.75, 3.05) is 24.4 Å². The number of ether oxygens (including phenoxy) is 1. The van der Waals surface area contributed by atoms with Gasteiger partial charge in [0.05, 0.1) is 29.8 Å². The highest BCUT2D eigenvalue weighted by Gasteiger charge is 2.48. The smallest absolute Gasteiger partial charge is 0.315 e. The van der Waals surface area contributed by atoms with E-state index in [0.29, 0.717) is 12.2 Å². The molecule has 5 nitrogen and oxygen atoms in total. The van der Waals surface area contributed by atoms with E-state index in [9.17, 15) is 9.59 Å². The van der Waals surface area contributed by atoms with Gasteiger partial charge in [0.25, 0.3) is 0 Å². The van der Waals surface area contributed by atoms with Crippen molar-refractivity contribution < 1.29 is 23.2 Å². The number of Topliss-reactive ketones (excluding diaryl/α,β-unsaturated/α-hetero) is 1. The Balaban J connectivity index is 1.90. The second-order valence-electron chi connectivity index (χ2n) is 17.0. The average Bonchev–Trinajstić information content (AvgIpc) is 3.57. The number of carbonyl (C=O) groups excluding carboxylic acids is 2. The number of aryl methyl sites for hydroxylation is 1. The van der Waals surface area contributed by atoms with E-state index in [1.165, 1.54) is 23.1 Å². The minimum absolute atomic E-state index is 0.0259. The second kappa shape index (κ2) is 18.3. The summed E-state index contributed by atoms with van der Waals surface area (Å²) in [6, 6.07) is 13.0. The number of ketones is 1. The maximum Gasteiger partial charge on any atom is 0.315 e. The van der Waals surface area contributed by atoms with E-state index in [2.05, 4.69) is 129 Å². The predicted molar refractivity (Wildman–Crippen MR) is 223 cm³/mol. The average molecular weight is 777 g/mol. The monoisotopic (exact) mass is 776 g/mol. The van der Waals surface area contributed by atoms with E-state index in [0.717, 1.165) is 37.2 Å². The molecule has 1 heterocycles. The van der Waals surface area contributed by atoms with Crippen LogP contribution in [0.2, 0.25) is 36.3 Å². The standard InChI is InChI=1S/C40H64O5S3Si2/c1-38(2,3)49(9,10)44-34-28-33(41)37(48-25-16-24-46-29-36(42)43-8)32(34)19-22-40(7,45-50(11,12)39(4,5)6)23-20-35-31(21-26-47-35)27-30-17-14-13-15-18-30/h13-15,17-19,21-22,26,32,34,37H,16,20,23-25,27-29H2,1-12H3/t32-,34+,37+,40+/m0/s1. The van der Waals surface area contributed by atoms with E-state index in [4.69, 9.17) is 13.6 Å². The molecule has 0 radical (unpaired) electrons. The molecule has 1 fully saturated rings. The van der Waals surface area contributed by atoms with E-state index in [-0.39, 0.29) is 39.1 Å². The number of esters is 1. The molecule has 0 N–H and O–H groups in total. The topological polar surface area (TPSA) is 61.8 Å². The van der Waals surface area contributed by atoms with Gasteiger partial charge in [-0.2, -0.15) is 11.8 Å². The fourth-order valence-electron chi connectivity index (χ4n) is 5.69. The number of thiophene rings is 1. The van der Waals surface area contributed by atoms with Crippen LogP contribution in [-0.2, 0) is 36.0 Å². The summed E-state index contributed by atoms with van der Waals surface area (Å²) < 4.78 is 19.1. The molecule has 0 bridgehead atoms. The number of carbonyl (C=O) groups is 2. The van der Waals surface area contributed by atoms with Crippen molar-refractivity contribution in [3.8, 4) is 0 Å². The highest BCUT2D eigenvalue weighted by Crippen LogP contribution is 2.45. The first-order chi connectivity index (χ1) is 23.2. The summed E-state index contributed by atoms with van der Waals surface area (Å²) in [5.74, 6) is 2.15. The molecule has 2 aromatic rings. The molecule has 0 spiro atoms. The molecule has 0 unspecified atom stereocenters. The number of rotatable bonds is 18. The van der Waals surface area contributed by atoms with Crippen LogP contribution < -0.4 is 0 Å². The Morgan fingerprint density at radius 3 is 2.24 bits per heavy atom. The summed E-state index contributed by atoms with van der Waals surface area (Å²) >= 11 is 5.19. The third kappa shape index (κ3) is 12.5. The number of benzene rings is 1. The fraction of sp³-hybridized carbons (Fsp3) is 0.650. The molecule has 3 rings (SSSR count). The van der Waals surface area contributed by atoms with Gasteiger partial charge in [0.15, 0.2) is 16.6 Å². The molecule has 50 heavy (non-hydrogen) atoms. The summed E-state index contributed by atoms with van der Waals surface area (Å²) in [7, 11) is -2.85. The zero-order valence-electron chi connectivity index (χ0n) is 32.9. The lowest BCUT2D eigenvalue weighted by Gasteiger charge is -2.43. The quantitative estimate of drug-likeness (QED) is 0.0646. The van der Waals surface area contributed by atoms with Crippen molar-refractivity contribution in [1.82, 2.24) is 0 Å². The first-order valence-electron chi connectivity index (χ1n) is 18.1. The van der Waals surface area contributed by atoms with Crippen LogP contribution in [0.4, 0.5) is 0 Å². The molecule has 0 aliphatic heterocycles. The Labute approximate surface area is 318 Å². The number of thioether (sulfide) groups is 2. The van der Waals surface area contributed by atoms with E-state index in [1.54, 1.807) is 23.5 Å². The highest BCUT2D eigenvalue weighted by atomic mass is 32.2. The Hall–Kier alpha value is -1.15. The van der Waals surface area contributed by atoms with Crippen LogP contribution in [0.1, 0.15) is 83.7 Å². The van der Waals surface area contributed by atoms with Crippen LogP contribution in [0.25, 0.3) is 0 Å². The van der Waals surface area contributed by atoms with E-state index < -0.39 is 22.2 Å². The van der Waals surface area contributed by atoms with Crippen LogP contribution in [0.15, 0.2) is 53.9 Å². The lowest BCUT2D eigenvalue weighted by Crippen LogP contribution is -2.48. The molecule has 0 saturated heterocycles. The normalized spacial score (nSPS) is 20.4. The third-order valence-corrected chi connectivity index (χ3v) is 23.4. The lowest BCUT2D eigenvalue weighted by molar-refractivity contribution is -0.137. The Morgan fingerprint density at radius 1 is 0.960 bits per heavy atom. The van der Waals surface area contributed by atoms with Crippen LogP contribution in [-0.4, -0.2) is 69.7 Å². The molecule has 1 saturated carbocycles. The van der Waals surface area contributed by atoms with Gasteiger partial charge in [-0.1, -0.05) is 84.0 Å². The van der Waals surface area contributed by atoms with Crippen molar-refractivity contribution in [2.24, 2.45) is 5.92 Å². The Bertz CT molecular complexity index is 1410. The number of methoxy groups -OCH3 is 1. The van der Waals surface area contributed by atoms with Gasteiger partial charge in [0.2, 0.25) is 0 Å². The molecule has 1 aromatic carbocycles. The van der Waals surface area contributed by atoms with Gasteiger partial charge in [-0.3, -0.25) is 9.59 Å². The van der Waals surface area contributed by atoms with Crippen LogP contribution in [0.3, 0.4) is 0 Å². The fourth-order valence-corrected chi connectivity index (χ4v) is 11.9. The maximum atomic E-state index is 13.7. The van der Waals surface area contributed by atoms with Gasteiger partial charge in [-0.25, -0.2) is 0 Å². The summed E-state index contributed by atoms with van der Waals surface area (Å²) in [5, 5.41) is 2.17. The van der Waals surface area contributed by atoms with Gasteiger partial charge < -0.3 is 13.6 Å². The summed E-state index contributed by atoms with van der Waals surface area (Å²) in [5.41, 5.74) is 2.23. The van der Waals surface area contributed by atoms with Crippen molar-refractivity contribution in [3.63, 3.8) is 0 Å². The van der Waals surface area contributed by atoms with Crippen LogP contribution in [0.5, 0.6) is 0 Å². The zero-order valence-corrected chi connectivity index (χ0v) is 37.3. The van der Waals surface area contributed by atoms with Crippen LogP contribution >= 0.6 is 34.9 Å². The van der Waals surface area contributed by atoms with Gasteiger partial charge in [0.1, 0.15) is 5.78 Å². The molecular weight excluding hydrogens is 713 g/mol. The van der Waals surface area contributed by atoms with Gasteiger partial charge in [-0.15, -0.1) is 23.1 Å². The molecular formula is C40H64O5S3Si2. The predicted octanol–water partition coefficient (Wildman–Crippen LogP) is 11.0. The van der Waals surface area contributed by atoms with E-state index in [1.807, 2.05) is 11.3 Å². The molecule has 0 amide bonds. The highest BCUT2D eigenvalue weighted by molar-refractivity contribution is 8.01. The van der Waals surface area contributed by atoms with Gasteiger partial charge in [-0.05, 0) is 103 Å². The van der Waals surface area contributed by atoms with E-state index >= 15 is 0 Å². The third-order valence-electron chi connectivity index (χ3n) is 10.8. The first kappa shape index (κ1) is 43.3. The number of hydrogen-bond donors (Lipinski definition) is 0. The Kier molecular flexibility index (Phi) is 15.8. The largest absolute Gasteiger partial charge is 0.468 e. The van der Waals surface area contributed by atoms with Crippen molar-refractivity contribution >= 4 is 63.2 Å². The van der Waals surface area contributed by atoms with Gasteiger partial charge in [0, 0.05) is 17.2 Å². The minimum atomic E-state index is -2.15. The summed E-state index contributed by atoms with van der Waals surface area (Å²) in [4.78, 5) is 26.7.